The molecule has 2 rings (SSSR count). The first-order valence-corrected chi connectivity index (χ1v) is 5.56. The maximum absolute atomic E-state index is 13.1. The van der Waals surface area contributed by atoms with Gasteiger partial charge in [-0.15, -0.1) is 0 Å². The average molecular weight is 238 g/mol. The van der Waals surface area contributed by atoms with E-state index >= 15 is 0 Å². The Kier molecular flexibility index (Phi) is 3.28. The Hall–Kier alpha value is -1.62. The number of likely N-dealkylation sites (tertiary alicyclic amines) is 1. The molecular formula is C12H15FN2O2. The van der Waals surface area contributed by atoms with E-state index in [-0.39, 0.29) is 11.8 Å². The molecule has 0 unspecified atom stereocenters. The van der Waals surface area contributed by atoms with E-state index in [0.29, 0.717) is 25.2 Å². The second kappa shape index (κ2) is 4.71. The van der Waals surface area contributed by atoms with Gasteiger partial charge in [0.05, 0.1) is 6.10 Å². The molecule has 2 N–H and O–H groups in total. The highest BCUT2D eigenvalue weighted by atomic mass is 19.1. The Morgan fingerprint density at radius 3 is 2.88 bits per heavy atom. The lowest BCUT2D eigenvalue weighted by Gasteiger charge is -2.16. The molecule has 17 heavy (non-hydrogen) atoms. The molecule has 1 aromatic carbocycles. The number of carbonyl (C=O) groups excluding carboxylic acids is 1. The summed E-state index contributed by atoms with van der Waals surface area (Å²) in [5, 5.41) is 11.9. The largest absolute Gasteiger partial charge is 0.391 e. The van der Waals surface area contributed by atoms with Crippen molar-refractivity contribution >= 4 is 11.7 Å². The van der Waals surface area contributed by atoms with E-state index in [4.69, 9.17) is 0 Å². The van der Waals surface area contributed by atoms with Gasteiger partial charge in [-0.1, -0.05) is 0 Å². The first-order chi connectivity index (χ1) is 8.04. The van der Waals surface area contributed by atoms with Crippen LogP contribution in [0, 0.1) is 12.7 Å². The van der Waals surface area contributed by atoms with E-state index in [2.05, 4.69) is 5.32 Å². The monoisotopic (exact) mass is 238 g/mol. The summed E-state index contributed by atoms with van der Waals surface area (Å²) in [6.07, 6.45) is 0.144. The van der Waals surface area contributed by atoms with Crippen LogP contribution in [0.15, 0.2) is 18.2 Å². The zero-order chi connectivity index (χ0) is 12.4. The summed E-state index contributed by atoms with van der Waals surface area (Å²) in [5.41, 5.74) is 1.19. The molecule has 0 bridgehead atoms. The molecule has 0 aliphatic carbocycles. The summed E-state index contributed by atoms with van der Waals surface area (Å²) in [7, 11) is 0. The quantitative estimate of drug-likeness (QED) is 0.783. The zero-order valence-corrected chi connectivity index (χ0v) is 9.61. The first kappa shape index (κ1) is 11.9. The summed E-state index contributed by atoms with van der Waals surface area (Å²) in [5.74, 6) is -0.373. The minimum absolute atomic E-state index is 0.299. The van der Waals surface area contributed by atoms with Crippen LogP contribution in [0.4, 0.5) is 14.9 Å². The topological polar surface area (TPSA) is 52.6 Å². The summed E-state index contributed by atoms with van der Waals surface area (Å²) < 4.78 is 13.1. The van der Waals surface area contributed by atoms with Crippen LogP contribution in [0.3, 0.4) is 0 Å². The number of urea groups is 1. The van der Waals surface area contributed by atoms with Gasteiger partial charge in [0.2, 0.25) is 0 Å². The summed E-state index contributed by atoms with van der Waals surface area (Å²) in [4.78, 5) is 13.3. The number of nitrogens with zero attached hydrogens (tertiary/aromatic N) is 1. The van der Waals surface area contributed by atoms with Crippen molar-refractivity contribution in [1.29, 1.82) is 0 Å². The maximum Gasteiger partial charge on any atom is 0.321 e. The van der Waals surface area contributed by atoms with Crippen molar-refractivity contribution in [2.45, 2.75) is 19.4 Å². The molecule has 1 atom stereocenters. The van der Waals surface area contributed by atoms with Crippen LogP contribution in [-0.4, -0.2) is 35.2 Å². The lowest BCUT2D eigenvalue weighted by Crippen LogP contribution is -2.33. The Bertz CT molecular complexity index is 416. The third-order valence-electron chi connectivity index (χ3n) is 2.74. The molecule has 1 heterocycles. The van der Waals surface area contributed by atoms with Gasteiger partial charge in [-0.25, -0.2) is 9.18 Å². The highest BCUT2D eigenvalue weighted by molar-refractivity contribution is 5.89. The third-order valence-corrected chi connectivity index (χ3v) is 2.74. The van der Waals surface area contributed by atoms with Gasteiger partial charge in [0.1, 0.15) is 5.82 Å². The van der Waals surface area contributed by atoms with Gasteiger partial charge in [-0.3, -0.25) is 0 Å². The van der Waals surface area contributed by atoms with Crippen LogP contribution in [0.5, 0.6) is 0 Å². The maximum atomic E-state index is 13.1. The van der Waals surface area contributed by atoms with Crippen LogP contribution in [-0.2, 0) is 0 Å². The van der Waals surface area contributed by atoms with Crippen LogP contribution in [0.1, 0.15) is 12.0 Å². The highest BCUT2D eigenvalue weighted by Crippen LogP contribution is 2.15. The number of anilines is 1. The van der Waals surface area contributed by atoms with Crippen LogP contribution in [0.25, 0.3) is 0 Å². The number of nitrogens with one attached hydrogen (secondary N) is 1. The number of rotatable bonds is 1. The predicted molar refractivity (Wildman–Crippen MR) is 62.4 cm³/mol. The minimum Gasteiger partial charge on any atom is -0.391 e. The molecule has 1 aliphatic heterocycles. The van der Waals surface area contributed by atoms with E-state index in [1.807, 2.05) is 0 Å². The third kappa shape index (κ3) is 2.94. The van der Waals surface area contributed by atoms with Gasteiger partial charge in [0.15, 0.2) is 0 Å². The average Bonchev–Trinajstić information content (AvgIpc) is 2.63. The van der Waals surface area contributed by atoms with Crippen molar-refractivity contribution in [2.24, 2.45) is 0 Å². The van der Waals surface area contributed by atoms with E-state index in [9.17, 15) is 14.3 Å². The number of aliphatic hydroxyl groups is 1. The molecule has 0 saturated carbocycles. The van der Waals surface area contributed by atoms with Gasteiger partial charge in [0, 0.05) is 18.8 Å². The lowest BCUT2D eigenvalue weighted by atomic mass is 10.2. The van der Waals surface area contributed by atoms with Gasteiger partial charge in [-0.2, -0.15) is 0 Å². The first-order valence-electron chi connectivity index (χ1n) is 5.56. The lowest BCUT2D eigenvalue weighted by molar-refractivity contribution is 0.176. The number of hydrogen-bond acceptors (Lipinski definition) is 2. The van der Waals surface area contributed by atoms with Gasteiger partial charge < -0.3 is 15.3 Å². The second-order valence-electron chi connectivity index (χ2n) is 4.34. The smallest absolute Gasteiger partial charge is 0.321 e. The number of hydrogen-bond donors (Lipinski definition) is 2. The fourth-order valence-corrected chi connectivity index (χ4v) is 1.94. The number of benzene rings is 1. The Balaban J connectivity index is 2.03. The van der Waals surface area contributed by atoms with E-state index in [1.165, 1.54) is 17.0 Å². The SMILES string of the molecule is Cc1cc(F)cc(NC(=O)N2CC[C@@H](O)C2)c1. The standard InChI is InChI=1S/C12H15FN2O2/c1-8-4-9(13)6-10(5-8)14-12(17)15-3-2-11(16)7-15/h4-6,11,16H,2-3,7H2,1H3,(H,14,17)/t11-/m1/s1. The minimum atomic E-state index is -0.449. The molecule has 4 nitrogen and oxygen atoms in total. The van der Waals surface area contributed by atoms with Crippen molar-refractivity contribution in [1.82, 2.24) is 4.90 Å². The molecule has 1 aromatic rings. The fourth-order valence-electron chi connectivity index (χ4n) is 1.94. The predicted octanol–water partition coefficient (Wildman–Crippen LogP) is 1.73. The summed E-state index contributed by atoms with van der Waals surface area (Å²) in [6.45, 7) is 2.62. The van der Waals surface area contributed by atoms with Crippen molar-refractivity contribution in [3.8, 4) is 0 Å². The van der Waals surface area contributed by atoms with E-state index < -0.39 is 6.10 Å². The normalized spacial score (nSPS) is 19.5. The van der Waals surface area contributed by atoms with E-state index in [0.717, 1.165) is 5.56 Å². The number of β-amino-alcohol motifs (C(OH)–C–C–N with tert-alkyl or cyclic N) is 1. The zero-order valence-electron chi connectivity index (χ0n) is 9.61. The van der Waals surface area contributed by atoms with Crippen LogP contribution < -0.4 is 5.32 Å². The summed E-state index contributed by atoms with van der Waals surface area (Å²) >= 11 is 0. The van der Waals surface area contributed by atoms with Gasteiger partial charge in [-0.05, 0) is 37.1 Å². The number of aliphatic hydroxyl groups excluding tert-OH is 1. The molecule has 92 valence electrons. The Labute approximate surface area is 99.0 Å². The molecule has 1 aliphatic rings. The molecule has 1 saturated heterocycles. The van der Waals surface area contributed by atoms with Crippen LogP contribution >= 0.6 is 0 Å². The number of carbonyl (C=O) groups is 1. The molecule has 5 heteroatoms. The van der Waals surface area contributed by atoms with Crippen molar-refractivity contribution in [2.75, 3.05) is 18.4 Å². The van der Waals surface area contributed by atoms with Gasteiger partial charge >= 0.3 is 6.03 Å². The van der Waals surface area contributed by atoms with Crippen molar-refractivity contribution in [3.05, 3.63) is 29.6 Å². The molecule has 2 amide bonds. The Morgan fingerprint density at radius 2 is 2.29 bits per heavy atom. The molecule has 0 aromatic heterocycles. The van der Waals surface area contributed by atoms with Gasteiger partial charge in [0.25, 0.3) is 0 Å². The molecular weight excluding hydrogens is 223 g/mol. The van der Waals surface area contributed by atoms with Crippen molar-refractivity contribution in [3.63, 3.8) is 0 Å². The fraction of sp³-hybridized carbons (Fsp3) is 0.417. The molecule has 0 spiro atoms. The number of aryl methyl sites for hydroxylation is 1. The van der Waals surface area contributed by atoms with Crippen molar-refractivity contribution < 1.29 is 14.3 Å². The number of halogens is 1. The number of amides is 2. The van der Waals surface area contributed by atoms with Crippen LogP contribution in [0.2, 0.25) is 0 Å². The highest BCUT2D eigenvalue weighted by Gasteiger charge is 2.24. The Morgan fingerprint density at radius 1 is 1.53 bits per heavy atom. The van der Waals surface area contributed by atoms with E-state index in [1.54, 1.807) is 13.0 Å². The molecule has 1 fully saturated rings. The molecule has 0 radical (unpaired) electrons. The second-order valence-corrected chi connectivity index (χ2v) is 4.34. The summed E-state index contributed by atoms with van der Waals surface area (Å²) in [6, 6.07) is 4.08.